The third-order valence-corrected chi connectivity index (χ3v) is 1.26. The Balaban J connectivity index is 3.31. The quantitative estimate of drug-likeness (QED) is 0.331. The third-order valence-electron chi connectivity index (χ3n) is 1.26. The van der Waals surface area contributed by atoms with E-state index in [2.05, 4.69) is 11.8 Å². The van der Waals surface area contributed by atoms with Gasteiger partial charge >= 0.3 is 0 Å². The highest BCUT2D eigenvalue weighted by Crippen LogP contribution is 1.88. The third kappa shape index (κ3) is 5.45. The van der Waals surface area contributed by atoms with Crippen LogP contribution in [0.5, 0.6) is 0 Å². The molecule has 69 valence electrons. The topological polar surface area (TPSA) is 72.7 Å². The molecular weight excluding hydrogens is 164 g/mol. The zero-order valence-corrected chi connectivity index (χ0v) is 6.86. The van der Waals surface area contributed by atoms with E-state index in [1.165, 1.54) is 4.90 Å². The molecule has 6 heteroatoms. The van der Waals surface area contributed by atoms with E-state index in [4.69, 9.17) is 0 Å². The summed E-state index contributed by atoms with van der Waals surface area (Å²) in [7, 11) is 1.57. The molecule has 0 aliphatic rings. The lowest BCUT2D eigenvalue weighted by molar-refractivity contribution is -0.757. The number of amides is 1. The monoisotopic (exact) mass is 175 g/mol. The number of carbonyl (C=O) groups is 1. The van der Waals surface area contributed by atoms with Gasteiger partial charge in [0, 0.05) is 20.5 Å². The van der Waals surface area contributed by atoms with Gasteiger partial charge in [0.05, 0.1) is 6.61 Å². The molecule has 0 unspecified atom stereocenters. The summed E-state index contributed by atoms with van der Waals surface area (Å²) >= 11 is 0. The number of rotatable bonds is 5. The molecule has 1 radical (unpaired) electrons. The fraction of sp³-hybridized carbons (Fsp3) is 0.667. The normalized spacial score (nSPS) is 9.17. The molecule has 0 aromatic carbocycles. The van der Waals surface area contributed by atoms with E-state index in [9.17, 15) is 14.9 Å². The molecule has 0 aliphatic carbocycles. The van der Waals surface area contributed by atoms with Crippen LogP contribution in [-0.2, 0) is 9.63 Å². The molecule has 0 aliphatic heterocycles. The Morgan fingerprint density at radius 2 is 2.33 bits per heavy atom. The number of carbonyl (C=O) groups excluding carboxylic acids is 1. The van der Waals surface area contributed by atoms with Crippen molar-refractivity contribution in [2.75, 3.05) is 20.2 Å². The predicted octanol–water partition coefficient (Wildman–Crippen LogP) is -0.123. The molecule has 0 aromatic heterocycles. The highest BCUT2D eigenvalue weighted by atomic mass is 16.9. The average Bonchev–Trinajstić information content (AvgIpc) is 1.97. The van der Waals surface area contributed by atoms with Crippen LogP contribution in [-0.4, -0.2) is 36.1 Å². The van der Waals surface area contributed by atoms with Gasteiger partial charge in [-0.15, -0.1) is 10.1 Å². The van der Waals surface area contributed by atoms with E-state index in [-0.39, 0.29) is 12.5 Å². The van der Waals surface area contributed by atoms with Crippen molar-refractivity contribution in [2.24, 2.45) is 0 Å². The van der Waals surface area contributed by atoms with Crippen LogP contribution in [0.15, 0.2) is 0 Å². The summed E-state index contributed by atoms with van der Waals surface area (Å²) < 4.78 is 0. The Labute approximate surface area is 70.2 Å². The first kappa shape index (κ1) is 10.7. The first-order valence-electron chi connectivity index (χ1n) is 3.38. The largest absolute Gasteiger partial charge is 0.346 e. The molecule has 12 heavy (non-hydrogen) atoms. The summed E-state index contributed by atoms with van der Waals surface area (Å²) in [5, 5.41) is 8.81. The molecule has 0 heterocycles. The number of nitrogens with zero attached hydrogens (tertiary/aromatic N) is 2. The van der Waals surface area contributed by atoms with Crippen LogP contribution in [0.1, 0.15) is 6.42 Å². The van der Waals surface area contributed by atoms with Crippen LogP contribution < -0.4 is 0 Å². The Morgan fingerprint density at radius 1 is 1.75 bits per heavy atom. The van der Waals surface area contributed by atoms with Crippen LogP contribution >= 0.6 is 0 Å². The second kappa shape index (κ2) is 5.34. The van der Waals surface area contributed by atoms with Crippen LogP contribution in [0.25, 0.3) is 0 Å². The number of hydrogen-bond acceptors (Lipinski definition) is 4. The van der Waals surface area contributed by atoms with Gasteiger partial charge in [-0.1, -0.05) is 0 Å². The lowest BCUT2D eigenvalue weighted by atomic mass is 10.4. The maximum Gasteiger partial charge on any atom is 0.294 e. The fourth-order valence-corrected chi connectivity index (χ4v) is 0.566. The van der Waals surface area contributed by atoms with E-state index in [1.54, 1.807) is 7.05 Å². The smallest absolute Gasteiger partial charge is 0.294 e. The van der Waals surface area contributed by atoms with Crippen molar-refractivity contribution in [3.8, 4) is 0 Å². The molecule has 6 nitrogen and oxygen atoms in total. The number of hydrogen-bond donors (Lipinski definition) is 0. The average molecular weight is 175 g/mol. The van der Waals surface area contributed by atoms with Gasteiger partial charge in [0.1, 0.15) is 0 Å². The minimum atomic E-state index is -0.855. The van der Waals surface area contributed by atoms with Gasteiger partial charge in [-0.2, -0.15) is 0 Å². The summed E-state index contributed by atoms with van der Waals surface area (Å²) in [6.45, 7) is 3.58. The van der Waals surface area contributed by atoms with E-state index in [0.29, 0.717) is 13.0 Å². The minimum absolute atomic E-state index is 0.00458. The van der Waals surface area contributed by atoms with Gasteiger partial charge in [-0.25, -0.2) is 0 Å². The van der Waals surface area contributed by atoms with E-state index < -0.39 is 5.09 Å². The SMILES string of the molecule is [CH2]C(=O)N(C)CCCO[N+](=O)[O-]. The van der Waals surface area contributed by atoms with Gasteiger partial charge in [-0.05, 0) is 6.42 Å². The maximum absolute atomic E-state index is 10.5. The van der Waals surface area contributed by atoms with Crippen LogP contribution in [0.3, 0.4) is 0 Å². The van der Waals surface area contributed by atoms with Crippen LogP contribution in [0.4, 0.5) is 0 Å². The zero-order chi connectivity index (χ0) is 9.56. The first-order valence-corrected chi connectivity index (χ1v) is 3.38. The van der Waals surface area contributed by atoms with Gasteiger partial charge in [-0.3, -0.25) is 4.79 Å². The second-order valence-electron chi connectivity index (χ2n) is 2.23. The van der Waals surface area contributed by atoms with E-state index in [1.807, 2.05) is 0 Å². The first-order chi connectivity index (χ1) is 5.54. The Kier molecular flexibility index (Phi) is 4.75. The molecule has 0 bridgehead atoms. The fourth-order valence-electron chi connectivity index (χ4n) is 0.566. The zero-order valence-electron chi connectivity index (χ0n) is 6.86. The lowest BCUT2D eigenvalue weighted by Gasteiger charge is -2.13. The molecule has 0 saturated heterocycles. The van der Waals surface area contributed by atoms with Crippen molar-refractivity contribution in [2.45, 2.75) is 6.42 Å². The van der Waals surface area contributed by atoms with Crippen molar-refractivity contribution in [1.82, 2.24) is 4.90 Å². The van der Waals surface area contributed by atoms with E-state index >= 15 is 0 Å². The van der Waals surface area contributed by atoms with E-state index in [0.717, 1.165) is 0 Å². The molecule has 0 fully saturated rings. The Morgan fingerprint density at radius 3 is 2.75 bits per heavy atom. The molecule has 0 aromatic rings. The van der Waals surface area contributed by atoms with Crippen molar-refractivity contribution in [3.05, 3.63) is 17.0 Å². The standard InChI is InChI=1S/C6H11N2O4/c1-6(9)7(2)4-3-5-12-8(10)11/h1,3-5H2,2H3. The molecule has 0 rings (SSSR count). The van der Waals surface area contributed by atoms with Crippen molar-refractivity contribution in [1.29, 1.82) is 0 Å². The summed E-state index contributed by atoms with van der Waals surface area (Å²) in [5.41, 5.74) is 0. The summed E-state index contributed by atoms with van der Waals surface area (Å²) in [6, 6.07) is 0. The predicted molar refractivity (Wildman–Crippen MR) is 40.6 cm³/mol. The molecule has 0 N–H and O–H groups in total. The Hall–Kier alpha value is -1.33. The minimum Gasteiger partial charge on any atom is -0.346 e. The highest BCUT2D eigenvalue weighted by Gasteiger charge is 2.01. The maximum atomic E-state index is 10.5. The molecule has 1 amide bonds. The van der Waals surface area contributed by atoms with Crippen molar-refractivity contribution >= 4 is 5.91 Å². The van der Waals surface area contributed by atoms with Gasteiger partial charge in [0.15, 0.2) is 0 Å². The van der Waals surface area contributed by atoms with Gasteiger partial charge < -0.3 is 9.74 Å². The summed E-state index contributed by atoms with van der Waals surface area (Å²) in [5.74, 6) is -0.309. The van der Waals surface area contributed by atoms with Crippen LogP contribution in [0.2, 0.25) is 0 Å². The van der Waals surface area contributed by atoms with Gasteiger partial charge in [0.25, 0.3) is 5.09 Å². The van der Waals surface area contributed by atoms with Crippen molar-refractivity contribution in [3.63, 3.8) is 0 Å². The molecule has 0 saturated carbocycles. The molecular formula is C6H11N2O4. The van der Waals surface area contributed by atoms with Gasteiger partial charge in [0.2, 0.25) is 5.91 Å². The summed E-state index contributed by atoms with van der Waals surface area (Å²) in [4.78, 5) is 25.6. The second-order valence-corrected chi connectivity index (χ2v) is 2.23. The van der Waals surface area contributed by atoms with Crippen LogP contribution in [0, 0.1) is 17.0 Å². The highest BCUT2D eigenvalue weighted by molar-refractivity contribution is 5.79. The lowest BCUT2D eigenvalue weighted by Crippen LogP contribution is -2.26. The Bertz CT molecular complexity index is 171. The molecule has 0 atom stereocenters. The van der Waals surface area contributed by atoms with Crippen molar-refractivity contribution < 1.29 is 14.7 Å². The molecule has 0 spiro atoms. The summed E-state index contributed by atoms with van der Waals surface area (Å²) in [6.07, 6.45) is 0.429.